The number of anilines is 1. The van der Waals surface area contributed by atoms with Crippen LogP contribution in [0, 0.1) is 0 Å². The van der Waals surface area contributed by atoms with Gasteiger partial charge in [-0.15, -0.1) is 0 Å². The zero-order valence-corrected chi connectivity index (χ0v) is 16.3. The summed E-state index contributed by atoms with van der Waals surface area (Å²) in [5.74, 6) is -0.963. The largest absolute Gasteiger partial charge is 0.480 e. The second-order valence-electron chi connectivity index (χ2n) is 7.23. The highest BCUT2D eigenvalue weighted by molar-refractivity contribution is 5.98. The predicted molar refractivity (Wildman–Crippen MR) is 104 cm³/mol. The first-order valence-electron chi connectivity index (χ1n) is 9.36. The van der Waals surface area contributed by atoms with Crippen LogP contribution >= 0.6 is 0 Å². The molecule has 0 aliphatic carbocycles. The summed E-state index contributed by atoms with van der Waals surface area (Å²) in [6.07, 6.45) is 2.68. The second kappa shape index (κ2) is 9.62. The first-order valence-corrected chi connectivity index (χ1v) is 9.36. The molecule has 1 aromatic carbocycles. The Morgan fingerprint density at radius 2 is 2.04 bits per heavy atom. The molecule has 7 nitrogen and oxygen atoms in total. The van der Waals surface area contributed by atoms with Crippen LogP contribution < -0.4 is 5.32 Å². The van der Waals surface area contributed by atoms with Gasteiger partial charge >= 0.3 is 5.97 Å². The SMILES string of the molecule is CC(=O)c1cccc(NC(=O)C(C)N2CCCC(N(C)CC(=O)O)CC2)c1. The molecule has 2 atom stereocenters. The fourth-order valence-electron chi connectivity index (χ4n) is 3.50. The smallest absolute Gasteiger partial charge is 0.317 e. The molecule has 1 amide bonds. The lowest BCUT2D eigenvalue weighted by Crippen LogP contribution is -2.43. The number of likely N-dealkylation sites (tertiary alicyclic amines) is 1. The minimum absolute atomic E-state index is 0.0349. The zero-order valence-electron chi connectivity index (χ0n) is 16.3. The molecule has 1 aliphatic rings. The molecular weight excluding hydrogens is 346 g/mol. The Bertz CT molecular complexity index is 692. The molecule has 1 aliphatic heterocycles. The molecule has 0 aromatic heterocycles. The minimum atomic E-state index is -0.820. The first-order chi connectivity index (χ1) is 12.8. The maximum atomic E-state index is 12.6. The van der Waals surface area contributed by atoms with Gasteiger partial charge in [0.1, 0.15) is 0 Å². The number of carbonyl (C=O) groups excluding carboxylic acids is 2. The van der Waals surface area contributed by atoms with Crippen molar-refractivity contribution in [1.82, 2.24) is 9.80 Å². The number of aliphatic carboxylic acids is 1. The number of ketones is 1. The number of carbonyl (C=O) groups is 3. The van der Waals surface area contributed by atoms with Gasteiger partial charge in [-0.05, 0) is 58.8 Å². The molecule has 0 saturated carbocycles. The third-order valence-corrected chi connectivity index (χ3v) is 5.20. The van der Waals surface area contributed by atoms with Gasteiger partial charge in [0, 0.05) is 23.8 Å². The predicted octanol–water partition coefficient (Wildman–Crippen LogP) is 2.09. The van der Waals surface area contributed by atoms with E-state index in [2.05, 4.69) is 10.2 Å². The molecule has 1 aromatic rings. The number of amides is 1. The van der Waals surface area contributed by atoms with E-state index >= 15 is 0 Å². The number of carboxylic acids is 1. The molecule has 1 fully saturated rings. The van der Waals surface area contributed by atoms with E-state index in [0.29, 0.717) is 11.3 Å². The average molecular weight is 375 g/mol. The van der Waals surface area contributed by atoms with Crippen molar-refractivity contribution in [3.05, 3.63) is 29.8 Å². The van der Waals surface area contributed by atoms with E-state index < -0.39 is 5.97 Å². The molecule has 1 heterocycles. The number of nitrogens with zero attached hydrogens (tertiary/aromatic N) is 2. The fraction of sp³-hybridized carbons (Fsp3) is 0.550. The Morgan fingerprint density at radius 1 is 1.30 bits per heavy atom. The van der Waals surface area contributed by atoms with E-state index in [4.69, 9.17) is 5.11 Å². The van der Waals surface area contributed by atoms with Gasteiger partial charge in [0.25, 0.3) is 0 Å². The number of hydrogen-bond acceptors (Lipinski definition) is 5. The van der Waals surface area contributed by atoms with Crippen LogP contribution in [0.3, 0.4) is 0 Å². The van der Waals surface area contributed by atoms with Crippen molar-refractivity contribution in [2.24, 2.45) is 0 Å². The third kappa shape index (κ3) is 6.15. The number of rotatable bonds is 7. The first kappa shape index (κ1) is 21.1. The standard InChI is InChI=1S/C20H29N3O4/c1-14(20(27)21-17-7-4-6-16(12-17)15(2)24)23-10-5-8-18(9-11-23)22(3)13-19(25)26/h4,6-7,12,14,18H,5,8-11,13H2,1-3H3,(H,21,27)(H,25,26). The quantitative estimate of drug-likeness (QED) is 0.709. The van der Waals surface area contributed by atoms with Crippen LogP contribution in [-0.2, 0) is 9.59 Å². The van der Waals surface area contributed by atoms with Crippen molar-refractivity contribution in [3.63, 3.8) is 0 Å². The lowest BCUT2D eigenvalue weighted by molar-refractivity contribution is -0.138. The Hall–Kier alpha value is -2.25. The van der Waals surface area contributed by atoms with Gasteiger partial charge in [-0.25, -0.2) is 0 Å². The second-order valence-corrected chi connectivity index (χ2v) is 7.23. The van der Waals surface area contributed by atoms with Crippen molar-refractivity contribution >= 4 is 23.3 Å². The minimum Gasteiger partial charge on any atom is -0.480 e. The Labute approximate surface area is 160 Å². The van der Waals surface area contributed by atoms with Crippen LogP contribution in [-0.4, -0.2) is 71.3 Å². The maximum Gasteiger partial charge on any atom is 0.317 e. The number of likely N-dealkylation sites (N-methyl/N-ethyl adjacent to an activating group) is 1. The molecule has 2 unspecified atom stereocenters. The molecule has 0 spiro atoms. The van der Waals surface area contributed by atoms with Gasteiger partial charge in [0.05, 0.1) is 12.6 Å². The van der Waals surface area contributed by atoms with E-state index in [1.807, 2.05) is 18.9 Å². The van der Waals surface area contributed by atoms with Crippen molar-refractivity contribution < 1.29 is 19.5 Å². The lowest BCUT2D eigenvalue weighted by atomic mass is 10.1. The Morgan fingerprint density at radius 3 is 2.70 bits per heavy atom. The summed E-state index contributed by atoms with van der Waals surface area (Å²) in [6.45, 7) is 4.97. The van der Waals surface area contributed by atoms with Gasteiger partial charge < -0.3 is 10.4 Å². The van der Waals surface area contributed by atoms with Crippen LogP contribution in [0.25, 0.3) is 0 Å². The van der Waals surface area contributed by atoms with Gasteiger partial charge in [0.2, 0.25) is 5.91 Å². The van der Waals surface area contributed by atoms with E-state index in [-0.39, 0.29) is 30.3 Å². The van der Waals surface area contributed by atoms with Gasteiger partial charge in [-0.1, -0.05) is 12.1 Å². The number of nitrogens with one attached hydrogen (secondary N) is 1. The summed E-state index contributed by atoms with van der Waals surface area (Å²) in [7, 11) is 1.84. The highest BCUT2D eigenvalue weighted by Crippen LogP contribution is 2.19. The van der Waals surface area contributed by atoms with Crippen LogP contribution in [0.2, 0.25) is 0 Å². The van der Waals surface area contributed by atoms with Crippen molar-refractivity contribution in [1.29, 1.82) is 0 Å². The van der Waals surface area contributed by atoms with Crippen molar-refractivity contribution in [3.8, 4) is 0 Å². The van der Waals surface area contributed by atoms with Gasteiger partial charge in [-0.3, -0.25) is 24.2 Å². The molecule has 0 radical (unpaired) electrons. The Kier molecular flexibility index (Phi) is 7.50. The zero-order chi connectivity index (χ0) is 20.0. The number of Topliss-reactive ketones (excluding diaryl/α,β-unsaturated/α-hetero) is 1. The molecule has 7 heteroatoms. The van der Waals surface area contributed by atoms with E-state index in [9.17, 15) is 14.4 Å². The summed E-state index contributed by atoms with van der Waals surface area (Å²) in [4.78, 5) is 39.1. The molecule has 1 saturated heterocycles. The van der Waals surface area contributed by atoms with E-state index in [1.54, 1.807) is 24.3 Å². The van der Waals surface area contributed by atoms with Gasteiger partial charge in [-0.2, -0.15) is 0 Å². The summed E-state index contributed by atoms with van der Waals surface area (Å²) >= 11 is 0. The van der Waals surface area contributed by atoms with Crippen molar-refractivity contribution in [2.75, 3.05) is 32.0 Å². The van der Waals surface area contributed by atoms with Gasteiger partial charge in [0.15, 0.2) is 5.78 Å². The number of benzene rings is 1. The summed E-state index contributed by atoms with van der Waals surface area (Å²) in [5.41, 5.74) is 1.19. The summed E-state index contributed by atoms with van der Waals surface area (Å²) in [6, 6.07) is 6.86. The fourth-order valence-corrected chi connectivity index (χ4v) is 3.50. The van der Waals surface area contributed by atoms with Crippen molar-refractivity contribution in [2.45, 2.75) is 45.2 Å². The topological polar surface area (TPSA) is 90.0 Å². The third-order valence-electron chi connectivity index (χ3n) is 5.20. The Balaban J connectivity index is 1.93. The van der Waals surface area contributed by atoms with Crippen LogP contribution in [0.1, 0.15) is 43.5 Å². The van der Waals surface area contributed by atoms with Crippen LogP contribution in [0.5, 0.6) is 0 Å². The maximum absolute atomic E-state index is 12.6. The summed E-state index contributed by atoms with van der Waals surface area (Å²) < 4.78 is 0. The van der Waals surface area contributed by atoms with E-state index in [1.165, 1.54) is 6.92 Å². The van der Waals surface area contributed by atoms with E-state index in [0.717, 1.165) is 32.4 Å². The summed E-state index contributed by atoms with van der Waals surface area (Å²) in [5, 5.41) is 11.9. The molecule has 2 rings (SSSR count). The highest BCUT2D eigenvalue weighted by atomic mass is 16.4. The molecular formula is C20H29N3O4. The highest BCUT2D eigenvalue weighted by Gasteiger charge is 2.27. The number of carboxylic acid groups (broad SMARTS) is 1. The molecule has 0 bridgehead atoms. The normalized spacial score (nSPS) is 19.3. The molecule has 148 valence electrons. The average Bonchev–Trinajstić information content (AvgIpc) is 2.87. The monoisotopic (exact) mass is 375 g/mol. The van der Waals surface area contributed by atoms with Crippen LogP contribution in [0.15, 0.2) is 24.3 Å². The lowest BCUT2D eigenvalue weighted by Gasteiger charge is -2.28. The van der Waals surface area contributed by atoms with Crippen LogP contribution in [0.4, 0.5) is 5.69 Å². The molecule has 2 N–H and O–H groups in total. The number of hydrogen-bond donors (Lipinski definition) is 2. The molecule has 27 heavy (non-hydrogen) atoms.